The summed E-state index contributed by atoms with van der Waals surface area (Å²) >= 11 is 6.28. The fourth-order valence-electron chi connectivity index (χ4n) is 3.43. The van der Waals surface area contributed by atoms with Gasteiger partial charge in [-0.1, -0.05) is 31.4 Å². The maximum atomic E-state index is 12.5. The van der Waals surface area contributed by atoms with Crippen LogP contribution in [-0.4, -0.2) is 25.2 Å². The molecule has 2 unspecified atom stereocenters. The van der Waals surface area contributed by atoms with Gasteiger partial charge in [-0.3, -0.25) is 4.79 Å². The lowest BCUT2D eigenvalue weighted by Crippen LogP contribution is -2.41. The van der Waals surface area contributed by atoms with Crippen LogP contribution < -0.4 is 14.8 Å². The van der Waals surface area contributed by atoms with Crippen LogP contribution in [0.5, 0.6) is 11.5 Å². The molecule has 1 aliphatic carbocycles. The van der Waals surface area contributed by atoms with E-state index in [1.54, 1.807) is 18.2 Å². The van der Waals surface area contributed by atoms with Crippen molar-refractivity contribution in [2.75, 3.05) is 13.2 Å². The number of halogens is 1. The lowest BCUT2D eigenvalue weighted by atomic mass is 9.86. The summed E-state index contributed by atoms with van der Waals surface area (Å²) in [5.41, 5.74) is 0.705. The number of carbonyl (C=O) groups is 1. The molecule has 1 fully saturated rings. The predicted octanol–water partition coefficient (Wildman–Crippen LogP) is 4.10. The first-order chi connectivity index (χ1) is 12.6. The number of nitrogens with zero attached hydrogens (tertiary/aromatic N) is 1. The average molecular weight is 375 g/mol. The number of rotatable bonds is 3. The van der Waals surface area contributed by atoms with Crippen LogP contribution in [0.2, 0.25) is 5.02 Å². The summed E-state index contributed by atoms with van der Waals surface area (Å²) in [6.45, 7) is 3.23. The van der Waals surface area contributed by atoms with Crippen LogP contribution in [0.4, 0.5) is 0 Å². The maximum absolute atomic E-state index is 12.5. The standard InChI is InChI=1S/C20H23ClN2O3/c1-13-5-2-3-6-17(13)23-20(24)15(12-22)9-14-10-16(21)19-18(11-14)25-7-4-8-26-19/h9-11,13,17H,2-8H2,1H3,(H,23,24)/b15-9+. The quantitative estimate of drug-likeness (QED) is 0.638. The number of carbonyl (C=O) groups excluding carboxylic acids is 1. The summed E-state index contributed by atoms with van der Waals surface area (Å²) in [7, 11) is 0. The van der Waals surface area contributed by atoms with Crippen molar-refractivity contribution in [3.63, 3.8) is 0 Å². The van der Waals surface area contributed by atoms with Gasteiger partial charge in [0.2, 0.25) is 0 Å². The van der Waals surface area contributed by atoms with Crippen molar-refractivity contribution in [3.05, 3.63) is 28.3 Å². The molecule has 0 aromatic heterocycles. The Bertz CT molecular complexity index is 754. The first kappa shape index (κ1) is 18.6. The monoisotopic (exact) mass is 374 g/mol. The Balaban J connectivity index is 1.80. The Morgan fingerprint density at radius 1 is 1.27 bits per heavy atom. The van der Waals surface area contributed by atoms with E-state index in [0.717, 1.165) is 25.7 Å². The van der Waals surface area contributed by atoms with E-state index in [9.17, 15) is 10.1 Å². The van der Waals surface area contributed by atoms with Crippen LogP contribution >= 0.6 is 11.6 Å². The summed E-state index contributed by atoms with van der Waals surface area (Å²) in [5, 5.41) is 12.9. The van der Waals surface area contributed by atoms with E-state index in [-0.39, 0.29) is 17.5 Å². The number of fused-ring (bicyclic) bond motifs is 1. The minimum absolute atomic E-state index is 0.0633. The molecule has 0 saturated heterocycles. The summed E-state index contributed by atoms with van der Waals surface area (Å²) in [6.07, 6.45) is 6.70. The van der Waals surface area contributed by atoms with Crippen LogP contribution in [0.25, 0.3) is 6.08 Å². The van der Waals surface area contributed by atoms with Gasteiger partial charge in [0, 0.05) is 12.5 Å². The number of amides is 1. The molecule has 1 aromatic rings. The summed E-state index contributed by atoms with van der Waals surface area (Å²) < 4.78 is 11.3. The zero-order valence-electron chi connectivity index (χ0n) is 14.9. The van der Waals surface area contributed by atoms with Gasteiger partial charge < -0.3 is 14.8 Å². The zero-order valence-corrected chi connectivity index (χ0v) is 15.6. The largest absolute Gasteiger partial charge is 0.489 e. The third kappa shape index (κ3) is 4.31. The number of benzene rings is 1. The van der Waals surface area contributed by atoms with Crippen molar-refractivity contribution in [2.24, 2.45) is 5.92 Å². The highest BCUT2D eigenvalue weighted by atomic mass is 35.5. The fraction of sp³-hybridized carbons (Fsp3) is 0.500. The smallest absolute Gasteiger partial charge is 0.262 e. The first-order valence-electron chi connectivity index (χ1n) is 9.10. The van der Waals surface area contributed by atoms with Gasteiger partial charge in [-0.15, -0.1) is 0 Å². The molecule has 1 heterocycles. The van der Waals surface area contributed by atoms with Gasteiger partial charge in [-0.05, 0) is 42.5 Å². The van der Waals surface area contributed by atoms with Gasteiger partial charge in [0.05, 0.1) is 18.2 Å². The van der Waals surface area contributed by atoms with Gasteiger partial charge in [0.1, 0.15) is 11.6 Å². The van der Waals surface area contributed by atoms with Gasteiger partial charge in [-0.25, -0.2) is 0 Å². The van der Waals surface area contributed by atoms with Crippen LogP contribution in [0.15, 0.2) is 17.7 Å². The lowest BCUT2D eigenvalue weighted by molar-refractivity contribution is -0.118. The van der Waals surface area contributed by atoms with E-state index in [4.69, 9.17) is 21.1 Å². The van der Waals surface area contributed by atoms with E-state index in [2.05, 4.69) is 12.2 Å². The lowest BCUT2D eigenvalue weighted by Gasteiger charge is -2.29. The third-order valence-corrected chi connectivity index (χ3v) is 5.21. The molecule has 3 rings (SSSR count). The number of ether oxygens (including phenoxy) is 2. The molecule has 6 heteroatoms. The molecular formula is C20H23ClN2O3. The fourth-order valence-corrected chi connectivity index (χ4v) is 3.70. The van der Waals surface area contributed by atoms with Gasteiger partial charge in [0.15, 0.2) is 11.5 Å². The van der Waals surface area contributed by atoms with E-state index >= 15 is 0 Å². The molecule has 1 N–H and O–H groups in total. The molecule has 1 aromatic carbocycles. The molecule has 1 saturated carbocycles. The summed E-state index contributed by atoms with van der Waals surface area (Å²) in [6, 6.07) is 5.56. The van der Waals surface area contributed by atoms with Crippen LogP contribution in [0, 0.1) is 17.2 Å². The van der Waals surface area contributed by atoms with Crippen molar-refractivity contribution in [2.45, 2.75) is 45.1 Å². The molecule has 0 bridgehead atoms. The van der Waals surface area contributed by atoms with Gasteiger partial charge >= 0.3 is 0 Å². The number of nitrogens with one attached hydrogen (secondary N) is 1. The Morgan fingerprint density at radius 2 is 2.04 bits per heavy atom. The molecule has 138 valence electrons. The predicted molar refractivity (Wildman–Crippen MR) is 100 cm³/mol. The van der Waals surface area contributed by atoms with E-state index in [1.807, 2.05) is 6.07 Å². The second-order valence-electron chi connectivity index (χ2n) is 6.89. The highest BCUT2D eigenvalue weighted by Gasteiger charge is 2.24. The van der Waals surface area contributed by atoms with Crippen LogP contribution in [0.1, 0.15) is 44.6 Å². The molecule has 1 aliphatic heterocycles. The van der Waals surface area contributed by atoms with E-state index < -0.39 is 0 Å². The van der Waals surface area contributed by atoms with Crippen molar-refractivity contribution >= 4 is 23.6 Å². The minimum Gasteiger partial charge on any atom is -0.489 e. The molecule has 2 aliphatic rings. The summed E-state index contributed by atoms with van der Waals surface area (Å²) in [4.78, 5) is 12.5. The molecule has 0 radical (unpaired) electrons. The third-order valence-electron chi connectivity index (χ3n) is 4.93. The molecule has 26 heavy (non-hydrogen) atoms. The summed E-state index contributed by atoms with van der Waals surface area (Å²) in [5.74, 6) is 1.15. The Hall–Kier alpha value is -2.19. The Kier molecular flexibility index (Phi) is 6.05. The van der Waals surface area contributed by atoms with Crippen molar-refractivity contribution in [3.8, 4) is 17.6 Å². The number of nitriles is 1. The second-order valence-corrected chi connectivity index (χ2v) is 7.30. The van der Waals surface area contributed by atoms with Crippen molar-refractivity contribution < 1.29 is 14.3 Å². The molecule has 5 nitrogen and oxygen atoms in total. The van der Waals surface area contributed by atoms with Gasteiger partial charge in [-0.2, -0.15) is 5.26 Å². The normalized spacial score (nSPS) is 22.9. The Morgan fingerprint density at radius 3 is 2.81 bits per heavy atom. The first-order valence-corrected chi connectivity index (χ1v) is 9.48. The van der Waals surface area contributed by atoms with Crippen LogP contribution in [-0.2, 0) is 4.79 Å². The average Bonchev–Trinajstić information content (AvgIpc) is 2.87. The van der Waals surface area contributed by atoms with Crippen molar-refractivity contribution in [1.29, 1.82) is 5.26 Å². The highest BCUT2D eigenvalue weighted by molar-refractivity contribution is 6.32. The topological polar surface area (TPSA) is 71.4 Å². The van der Waals surface area contributed by atoms with E-state index in [1.165, 1.54) is 6.42 Å². The second kappa shape index (κ2) is 8.46. The minimum atomic E-state index is -0.338. The number of hydrogen-bond acceptors (Lipinski definition) is 4. The highest BCUT2D eigenvalue weighted by Crippen LogP contribution is 2.38. The molecule has 1 amide bonds. The van der Waals surface area contributed by atoms with Gasteiger partial charge in [0.25, 0.3) is 5.91 Å². The Labute approximate surface area is 158 Å². The zero-order chi connectivity index (χ0) is 18.5. The van der Waals surface area contributed by atoms with Crippen LogP contribution in [0.3, 0.4) is 0 Å². The molecule has 0 spiro atoms. The SMILES string of the molecule is CC1CCCCC1NC(=O)/C(C#N)=C/c1cc(Cl)c2c(c1)OCCCO2. The van der Waals surface area contributed by atoms with E-state index in [0.29, 0.717) is 41.2 Å². The van der Waals surface area contributed by atoms with Crippen molar-refractivity contribution in [1.82, 2.24) is 5.32 Å². The number of hydrogen-bond donors (Lipinski definition) is 1. The molecule has 2 atom stereocenters. The molecular weight excluding hydrogens is 352 g/mol. The maximum Gasteiger partial charge on any atom is 0.262 e.